The maximum atomic E-state index is 14.7. The van der Waals surface area contributed by atoms with Gasteiger partial charge in [-0.2, -0.15) is 8.78 Å². The van der Waals surface area contributed by atoms with Gasteiger partial charge in [0.1, 0.15) is 22.9 Å². The maximum Gasteiger partial charge on any atom is 0.432 e. The van der Waals surface area contributed by atoms with E-state index in [-0.39, 0.29) is 5.92 Å². The summed E-state index contributed by atoms with van der Waals surface area (Å²) in [6, 6.07) is 2.77. The molecule has 0 spiro atoms. The molecule has 0 N–H and O–H groups in total. The Morgan fingerprint density at radius 2 is 1.42 bits per heavy atom. The van der Waals surface area contributed by atoms with Gasteiger partial charge in [-0.3, -0.25) is 0 Å². The Kier molecular flexibility index (Phi) is 7.85. The van der Waals surface area contributed by atoms with Crippen molar-refractivity contribution < 1.29 is 35.8 Å². The Morgan fingerprint density at radius 3 is 1.91 bits per heavy atom. The summed E-state index contributed by atoms with van der Waals surface area (Å²) in [6.45, 7) is 5.17. The fraction of sp³-hybridized carbons (Fsp3) is 0.520. The lowest BCUT2D eigenvalue weighted by Crippen LogP contribution is -2.26. The zero-order valence-electron chi connectivity index (χ0n) is 18.9. The molecule has 0 saturated heterocycles. The predicted octanol–water partition coefficient (Wildman–Crippen LogP) is 8.23. The zero-order valence-corrected chi connectivity index (χ0v) is 18.9. The van der Waals surface area contributed by atoms with Crippen molar-refractivity contribution in [2.75, 3.05) is 0 Å². The Labute approximate surface area is 189 Å². The molecular weight excluding hydrogens is 446 g/mol. The molecule has 1 aliphatic rings. The van der Waals surface area contributed by atoms with Gasteiger partial charge >= 0.3 is 6.11 Å². The van der Waals surface area contributed by atoms with E-state index in [1.807, 2.05) is 0 Å². The van der Waals surface area contributed by atoms with Gasteiger partial charge in [-0.1, -0.05) is 19.8 Å². The van der Waals surface area contributed by atoms with Crippen molar-refractivity contribution in [2.45, 2.75) is 77.4 Å². The van der Waals surface area contributed by atoms with Crippen molar-refractivity contribution in [1.29, 1.82) is 0 Å². The molecule has 33 heavy (non-hydrogen) atoms. The lowest BCUT2D eigenvalue weighted by atomic mass is 9.77. The quantitative estimate of drug-likeness (QED) is 0.359. The molecule has 182 valence electrons. The van der Waals surface area contributed by atoms with Crippen molar-refractivity contribution >= 4 is 0 Å². The van der Waals surface area contributed by atoms with Crippen LogP contribution in [0.2, 0.25) is 0 Å². The van der Waals surface area contributed by atoms with E-state index in [4.69, 9.17) is 4.74 Å². The molecule has 0 bridgehead atoms. The molecule has 0 radical (unpaired) electrons. The first-order valence-electron chi connectivity index (χ1n) is 11.2. The summed E-state index contributed by atoms with van der Waals surface area (Å²) >= 11 is 0. The van der Waals surface area contributed by atoms with Crippen molar-refractivity contribution in [1.82, 2.24) is 0 Å². The minimum Gasteiger partial charge on any atom is -0.485 e. The van der Waals surface area contributed by atoms with E-state index in [0.29, 0.717) is 23.6 Å². The van der Waals surface area contributed by atoms with Crippen LogP contribution in [-0.4, -0.2) is 6.10 Å². The van der Waals surface area contributed by atoms with Gasteiger partial charge < -0.3 is 9.47 Å². The van der Waals surface area contributed by atoms with Crippen LogP contribution < -0.4 is 9.47 Å². The smallest absolute Gasteiger partial charge is 0.432 e. The number of rotatable bonds is 8. The zero-order chi connectivity index (χ0) is 24.3. The minimum absolute atomic E-state index is 0.109. The molecule has 2 aromatic carbocycles. The van der Waals surface area contributed by atoms with Crippen LogP contribution in [0.15, 0.2) is 24.3 Å². The SMILES string of the molecule is CCCC1CCC(c2cc(F)c(C(F)(F)Oc3cc(F)c(OC(C)C)c(F)c3)c(F)c2)CC1. The minimum atomic E-state index is -4.50. The molecule has 1 saturated carbocycles. The standard InChI is InChI=1S/C25H28F6O2/c1-4-5-15-6-8-16(9-7-15)17-10-19(26)23(20(27)11-17)25(30,31)33-18-12-21(28)24(22(29)13-18)32-14(2)3/h10-16H,4-9H2,1-3H3. The Morgan fingerprint density at radius 1 is 0.879 bits per heavy atom. The summed E-state index contributed by atoms with van der Waals surface area (Å²) in [5.74, 6) is -6.69. The van der Waals surface area contributed by atoms with E-state index in [1.165, 1.54) is 13.8 Å². The number of hydrogen-bond donors (Lipinski definition) is 0. The van der Waals surface area contributed by atoms with E-state index < -0.39 is 52.5 Å². The number of alkyl halides is 2. The first-order valence-corrected chi connectivity index (χ1v) is 11.2. The van der Waals surface area contributed by atoms with Crippen LogP contribution in [0.5, 0.6) is 11.5 Å². The van der Waals surface area contributed by atoms with Crippen LogP contribution in [0.4, 0.5) is 26.3 Å². The van der Waals surface area contributed by atoms with Gasteiger partial charge in [0.05, 0.1) is 6.10 Å². The summed E-state index contributed by atoms with van der Waals surface area (Å²) in [7, 11) is 0. The molecule has 3 rings (SSSR count). The summed E-state index contributed by atoms with van der Waals surface area (Å²) in [4.78, 5) is 0. The average Bonchev–Trinajstić information content (AvgIpc) is 2.70. The van der Waals surface area contributed by atoms with Crippen LogP contribution in [0, 0.1) is 29.2 Å². The monoisotopic (exact) mass is 474 g/mol. The van der Waals surface area contributed by atoms with Gasteiger partial charge in [-0.25, -0.2) is 17.6 Å². The molecule has 0 atom stereocenters. The molecule has 0 unspecified atom stereocenters. The van der Waals surface area contributed by atoms with Crippen LogP contribution in [0.25, 0.3) is 0 Å². The number of halogens is 6. The predicted molar refractivity (Wildman–Crippen MR) is 113 cm³/mol. The summed E-state index contributed by atoms with van der Waals surface area (Å²) in [6.07, 6.45) is 0.439. The summed E-state index contributed by atoms with van der Waals surface area (Å²) < 4.78 is 96.2. The third-order valence-electron chi connectivity index (χ3n) is 5.94. The van der Waals surface area contributed by atoms with E-state index in [0.717, 1.165) is 50.7 Å². The van der Waals surface area contributed by atoms with E-state index in [2.05, 4.69) is 11.7 Å². The van der Waals surface area contributed by atoms with Gasteiger partial charge in [-0.15, -0.1) is 0 Å². The molecule has 0 aliphatic heterocycles. The molecule has 1 aliphatic carbocycles. The van der Waals surface area contributed by atoms with Crippen molar-refractivity contribution in [2.24, 2.45) is 5.92 Å². The van der Waals surface area contributed by atoms with Crippen LogP contribution in [-0.2, 0) is 6.11 Å². The second kappa shape index (κ2) is 10.3. The highest BCUT2D eigenvalue weighted by molar-refractivity contribution is 5.37. The number of benzene rings is 2. The van der Waals surface area contributed by atoms with Crippen LogP contribution in [0.1, 0.15) is 76.3 Å². The largest absolute Gasteiger partial charge is 0.485 e. The van der Waals surface area contributed by atoms with Gasteiger partial charge in [0.2, 0.25) is 0 Å². The summed E-state index contributed by atoms with van der Waals surface area (Å²) in [5.41, 5.74) is -1.28. The van der Waals surface area contributed by atoms with Crippen LogP contribution >= 0.6 is 0 Å². The molecule has 1 fully saturated rings. The summed E-state index contributed by atoms with van der Waals surface area (Å²) in [5, 5.41) is 0. The lowest BCUT2D eigenvalue weighted by Gasteiger charge is -2.29. The van der Waals surface area contributed by atoms with Crippen molar-refractivity contribution in [3.8, 4) is 11.5 Å². The van der Waals surface area contributed by atoms with Crippen molar-refractivity contribution in [3.05, 3.63) is 58.7 Å². The van der Waals surface area contributed by atoms with Gasteiger partial charge in [-0.05, 0) is 69.1 Å². The molecule has 0 amide bonds. The van der Waals surface area contributed by atoms with Crippen LogP contribution in [0.3, 0.4) is 0 Å². The van der Waals surface area contributed by atoms with E-state index in [1.54, 1.807) is 0 Å². The van der Waals surface area contributed by atoms with Crippen molar-refractivity contribution in [3.63, 3.8) is 0 Å². The van der Waals surface area contributed by atoms with E-state index >= 15 is 0 Å². The fourth-order valence-electron chi connectivity index (χ4n) is 4.44. The number of hydrogen-bond acceptors (Lipinski definition) is 2. The maximum absolute atomic E-state index is 14.7. The second-order valence-corrected chi connectivity index (χ2v) is 8.87. The fourth-order valence-corrected chi connectivity index (χ4v) is 4.44. The molecule has 2 nitrogen and oxygen atoms in total. The highest BCUT2D eigenvalue weighted by Gasteiger charge is 2.42. The Hall–Kier alpha value is -2.38. The lowest BCUT2D eigenvalue weighted by molar-refractivity contribution is -0.189. The second-order valence-electron chi connectivity index (χ2n) is 8.87. The number of ether oxygens (including phenoxy) is 2. The molecule has 2 aromatic rings. The van der Waals surface area contributed by atoms with Gasteiger partial charge in [0.25, 0.3) is 0 Å². The third kappa shape index (κ3) is 5.95. The van der Waals surface area contributed by atoms with E-state index in [9.17, 15) is 26.3 Å². The highest BCUT2D eigenvalue weighted by atomic mass is 19.3. The third-order valence-corrected chi connectivity index (χ3v) is 5.94. The van der Waals surface area contributed by atoms with Gasteiger partial charge in [0.15, 0.2) is 17.4 Å². The average molecular weight is 474 g/mol. The Balaban J connectivity index is 1.81. The molecule has 8 heteroatoms. The van der Waals surface area contributed by atoms with Gasteiger partial charge in [0, 0.05) is 12.1 Å². The first-order chi connectivity index (χ1) is 15.5. The molecular formula is C25H28F6O2. The molecule has 0 heterocycles. The molecule has 0 aromatic heterocycles. The topological polar surface area (TPSA) is 18.5 Å². The Bertz CT molecular complexity index is 921. The first kappa shape index (κ1) is 25.2. The highest BCUT2D eigenvalue weighted by Crippen LogP contribution is 2.41. The normalized spacial score (nSPS) is 19.1.